The van der Waals surface area contributed by atoms with Crippen molar-refractivity contribution in [3.63, 3.8) is 0 Å². The van der Waals surface area contributed by atoms with Gasteiger partial charge in [0.2, 0.25) is 17.1 Å². The van der Waals surface area contributed by atoms with Crippen molar-refractivity contribution >= 4 is 5.91 Å². The summed E-state index contributed by atoms with van der Waals surface area (Å²) in [6, 6.07) is 15.9. The van der Waals surface area contributed by atoms with E-state index in [1.807, 2.05) is 35.2 Å². The van der Waals surface area contributed by atoms with Crippen LogP contribution in [0.1, 0.15) is 28.9 Å². The molecule has 4 rings (SSSR count). The summed E-state index contributed by atoms with van der Waals surface area (Å²) in [5, 5.41) is 0. The molecule has 1 amide bonds. The maximum Gasteiger partial charge on any atom is 0.416 e. The fourth-order valence-corrected chi connectivity index (χ4v) is 4.01. The van der Waals surface area contributed by atoms with Gasteiger partial charge in [0.1, 0.15) is 18.6 Å². The van der Waals surface area contributed by atoms with Crippen LogP contribution in [0.3, 0.4) is 0 Å². The Kier molecular flexibility index (Phi) is 8.10. The smallest absolute Gasteiger partial charge is 0.416 e. The minimum absolute atomic E-state index is 0.00696. The third kappa shape index (κ3) is 6.97. The Morgan fingerprint density at radius 2 is 1.64 bits per heavy atom. The second-order valence-corrected chi connectivity index (χ2v) is 8.70. The van der Waals surface area contributed by atoms with E-state index in [0.717, 1.165) is 24.1 Å². The first-order valence-electron chi connectivity index (χ1n) is 11.7. The molecular weight excluding hydrogens is 473 g/mol. The monoisotopic (exact) mass is 500 g/mol. The Hall–Kier alpha value is -3.59. The summed E-state index contributed by atoms with van der Waals surface area (Å²) in [5.41, 5.74) is 0.541. The van der Waals surface area contributed by atoms with Crippen molar-refractivity contribution in [2.45, 2.75) is 32.2 Å². The predicted molar refractivity (Wildman–Crippen MR) is 127 cm³/mol. The van der Waals surface area contributed by atoms with Crippen molar-refractivity contribution in [2.75, 3.05) is 26.2 Å². The molecule has 0 unspecified atom stereocenters. The Labute approximate surface area is 206 Å². The number of nitrogens with zero attached hydrogens (tertiary/aromatic N) is 2. The van der Waals surface area contributed by atoms with Crippen molar-refractivity contribution in [2.24, 2.45) is 0 Å². The van der Waals surface area contributed by atoms with Crippen molar-refractivity contribution in [1.29, 1.82) is 0 Å². The second kappa shape index (κ2) is 11.4. The lowest BCUT2D eigenvalue weighted by Gasteiger charge is -2.34. The van der Waals surface area contributed by atoms with Crippen LogP contribution < -0.4 is 10.2 Å². The van der Waals surface area contributed by atoms with Crippen LogP contribution >= 0.6 is 0 Å². The molecule has 1 saturated heterocycles. The molecule has 0 aliphatic carbocycles. The van der Waals surface area contributed by atoms with E-state index in [-0.39, 0.29) is 23.7 Å². The van der Waals surface area contributed by atoms with E-state index in [9.17, 15) is 22.8 Å². The predicted octanol–water partition coefficient (Wildman–Crippen LogP) is 4.51. The van der Waals surface area contributed by atoms with Crippen LogP contribution in [0.25, 0.3) is 0 Å². The summed E-state index contributed by atoms with van der Waals surface area (Å²) in [5.74, 6) is 0.609. The van der Waals surface area contributed by atoms with Crippen LogP contribution in [-0.2, 0) is 30.5 Å². The van der Waals surface area contributed by atoms with E-state index in [2.05, 4.69) is 4.90 Å². The zero-order chi connectivity index (χ0) is 25.5. The van der Waals surface area contributed by atoms with E-state index in [4.69, 9.17) is 9.15 Å². The Morgan fingerprint density at radius 3 is 2.28 bits per heavy atom. The van der Waals surface area contributed by atoms with E-state index in [1.165, 1.54) is 24.5 Å². The molecule has 1 aliphatic heterocycles. The highest BCUT2D eigenvalue weighted by Gasteiger charge is 2.30. The van der Waals surface area contributed by atoms with Gasteiger partial charge in [-0.1, -0.05) is 42.5 Å². The quantitative estimate of drug-likeness (QED) is 0.455. The Morgan fingerprint density at radius 1 is 0.944 bits per heavy atom. The van der Waals surface area contributed by atoms with Crippen LogP contribution in [0.15, 0.2) is 76.1 Å². The van der Waals surface area contributed by atoms with Crippen molar-refractivity contribution in [1.82, 2.24) is 9.80 Å². The number of halogens is 3. The Balaban J connectivity index is 1.23. The van der Waals surface area contributed by atoms with Gasteiger partial charge in [0.15, 0.2) is 0 Å². The number of hydrogen-bond acceptors (Lipinski definition) is 5. The molecule has 0 atom stereocenters. The van der Waals surface area contributed by atoms with Gasteiger partial charge in [-0.2, -0.15) is 13.2 Å². The zero-order valence-corrected chi connectivity index (χ0v) is 19.7. The molecule has 0 bridgehead atoms. The number of rotatable bonds is 8. The van der Waals surface area contributed by atoms with E-state index < -0.39 is 11.7 Å². The first-order valence-corrected chi connectivity index (χ1v) is 11.7. The van der Waals surface area contributed by atoms with Gasteiger partial charge in [0.25, 0.3) is 0 Å². The largest absolute Gasteiger partial charge is 0.482 e. The molecule has 0 saturated carbocycles. The molecule has 1 fully saturated rings. The summed E-state index contributed by atoms with van der Waals surface area (Å²) >= 11 is 0. The molecule has 36 heavy (non-hydrogen) atoms. The normalized spacial score (nSPS) is 14.6. The molecule has 2 aromatic carbocycles. The Bertz CT molecular complexity index is 1200. The van der Waals surface area contributed by atoms with Gasteiger partial charge in [-0.05, 0) is 29.7 Å². The van der Waals surface area contributed by atoms with Crippen molar-refractivity contribution < 1.29 is 27.1 Å². The molecule has 3 aromatic rings. The van der Waals surface area contributed by atoms with Gasteiger partial charge < -0.3 is 14.1 Å². The second-order valence-electron chi connectivity index (χ2n) is 8.70. The molecule has 6 nitrogen and oxygen atoms in total. The molecule has 0 radical (unpaired) electrons. The first-order chi connectivity index (χ1) is 17.3. The fourth-order valence-electron chi connectivity index (χ4n) is 4.01. The summed E-state index contributed by atoms with van der Waals surface area (Å²) in [4.78, 5) is 28.9. The van der Waals surface area contributed by atoms with Crippen molar-refractivity contribution in [3.8, 4) is 5.75 Å². The van der Waals surface area contributed by atoms with Crippen molar-refractivity contribution in [3.05, 3.63) is 99.6 Å². The van der Waals surface area contributed by atoms with E-state index in [0.29, 0.717) is 50.5 Å². The minimum atomic E-state index is -4.40. The number of carbonyl (C=O) groups is 1. The summed E-state index contributed by atoms with van der Waals surface area (Å²) in [7, 11) is 0. The number of piperazine rings is 1. The maximum atomic E-state index is 12.7. The van der Waals surface area contributed by atoms with Crippen LogP contribution in [0.4, 0.5) is 13.2 Å². The number of benzene rings is 2. The minimum Gasteiger partial charge on any atom is -0.482 e. The number of aryl methyl sites for hydroxylation is 1. The third-order valence-corrected chi connectivity index (χ3v) is 6.10. The van der Waals surface area contributed by atoms with E-state index in [1.54, 1.807) is 0 Å². The fraction of sp³-hybridized carbons (Fsp3) is 0.333. The molecule has 0 spiro atoms. The molecule has 1 aliphatic rings. The summed E-state index contributed by atoms with van der Waals surface area (Å²) in [6.45, 7) is 2.96. The van der Waals surface area contributed by atoms with Gasteiger partial charge in [0.05, 0.1) is 12.1 Å². The number of ether oxygens (including phenoxy) is 1. The van der Waals surface area contributed by atoms with Gasteiger partial charge >= 0.3 is 6.18 Å². The molecule has 2 heterocycles. The molecule has 0 N–H and O–H groups in total. The highest BCUT2D eigenvalue weighted by atomic mass is 19.4. The summed E-state index contributed by atoms with van der Waals surface area (Å²) < 4.78 is 49.0. The highest BCUT2D eigenvalue weighted by Crippen LogP contribution is 2.29. The SMILES string of the molecule is O=C(CCc1ccccc1)N1CCN(Cc2cc(=O)c(OCc3ccc(C(F)(F)F)cc3)co2)CC1. The lowest BCUT2D eigenvalue weighted by Crippen LogP contribution is -2.48. The molecular formula is C27H27F3N2O4. The number of carbonyl (C=O) groups excluding carboxylic acids is 1. The van der Waals surface area contributed by atoms with Gasteiger partial charge in [-0.3, -0.25) is 14.5 Å². The van der Waals surface area contributed by atoms with E-state index >= 15 is 0 Å². The average Bonchev–Trinajstić information content (AvgIpc) is 2.87. The lowest BCUT2D eigenvalue weighted by molar-refractivity contribution is -0.137. The number of amides is 1. The van der Waals surface area contributed by atoms with Crippen LogP contribution in [0, 0.1) is 0 Å². The van der Waals surface area contributed by atoms with Gasteiger partial charge in [-0.25, -0.2) is 0 Å². The van der Waals surface area contributed by atoms with Crippen LogP contribution in [0.2, 0.25) is 0 Å². The first kappa shape index (κ1) is 25.5. The number of alkyl halides is 3. The topological polar surface area (TPSA) is 63.0 Å². The third-order valence-electron chi connectivity index (χ3n) is 6.10. The highest BCUT2D eigenvalue weighted by molar-refractivity contribution is 5.76. The van der Waals surface area contributed by atoms with Gasteiger partial charge in [-0.15, -0.1) is 0 Å². The number of hydrogen-bond donors (Lipinski definition) is 0. The zero-order valence-electron chi connectivity index (χ0n) is 19.7. The molecule has 9 heteroatoms. The lowest BCUT2D eigenvalue weighted by atomic mass is 10.1. The maximum absolute atomic E-state index is 12.7. The summed E-state index contributed by atoms with van der Waals surface area (Å²) in [6.07, 6.45) is -1.98. The van der Waals surface area contributed by atoms with Crippen LogP contribution in [0.5, 0.6) is 5.75 Å². The molecule has 190 valence electrons. The van der Waals surface area contributed by atoms with Crippen LogP contribution in [-0.4, -0.2) is 41.9 Å². The average molecular weight is 501 g/mol. The standard InChI is InChI=1S/C27H27F3N2O4/c28-27(29,30)22-9-6-21(7-10-22)18-36-25-19-35-23(16-24(25)33)17-31-12-14-32(15-13-31)26(34)11-8-20-4-2-1-3-5-20/h1-7,9-10,16,19H,8,11-15,17-18H2. The van der Waals surface area contributed by atoms with Gasteiger partial charge in [0, 0.05) is 38.7 Å². The molecule has 1 aromatic heterocycles.